The van der Waals surface area contributed by atoms with Gasteiger partial charge in [-0.05, 0) is 12.5 Å². The number of hydrogen-bond acceptors (Lipinski definition) is 4. The summed E-state index contributed by atoms with van der Waals surface area (Å²) in [5, 5.41) is 5.98. The fourth-order valence-electron chi connectivity index (χ4n) is 2.93. The Morgan fingerprint density at radius 2 is 2.20 bits per heavy atom. The molecule has 3 rings (SSSR count). The number of halogens is 3. The number of fused-ring (bicyclic) bond motifs is 2. The van der Waals surface area contributed by atoms with Crippen molar-refractivity contribution in [3.8, 4) is 0 Å². The maximum Gasteiger partial charge on any atom is 0.433 e. The molecular formula is C12H13F3N4O. The van der Waals surface area contributed by atoms with Gasteiger partial charge in [0.05, 0.1) is 6.04 Å². The third kappa shape index (κ3) is 1.91. The highest BCUT2D eigenvalue weighted by atomic mass is 19.4. The number of carbonyl (C=O) groups excluding carboxylic acids is 1. The van der Waals surface area contributed by atoms with Gasteiger partial charge in [0, 0.05) is 36.0 Å². The van der Waals surface area contributed by atoms with Crippen LogP contribution in [0.3, 0.4) is 0 Å². The molecule has 0 bridgehead atoms. The summed E-state index contributed by atoms with van der Waals surface area (Å²) in [5.41, 5.74) is 5.07. The van der Waals surface area contributed by atoms with E-state index >= 15 is 0 Å². The SMILES string of the molecule is NC(=O)C1CC2(CNc3cc(C(F)(F)F)ncc32)CN1. The molecule has 108 valence electrons. The van der Waals surface area contributed by atoms with Crippen molar-refractivity contribution in [1.82, 2.24) is 10.3 Å². The highest BCUT2D eigenvalue weighted by molar-refractivity contribution is 5.81. The van der Waals surface area contributed by atoms with Crippen LogP contribution >= 0.6 is 0 Å². The Hall–Kier alpha value is -1.83. The molecule has 2 aliphatic heterocycles. The summed E-state index contributed by atoms with van der Waals surface area (Å²) in [4.78, 5) is 14.7. The number of nitrogens with two attached hydrogens (primary N) is 1. The van der Waals surface area contributed by atoms with Crippen molar-refractivity contribution in [2.75, 3.05) is 18.4 Å². The van der Waals surface area contributed by atoms with Crippen LogP contribution in [0, 0.1) is 0 Å². The van der Waals surface area contributed by atoms with E-state index in [1.54, 1.807) is 0 Å². The number of alkyl halides is 3. The summed E-state index contributed by atoms with van der Waals surface area (Å²) < 4.78 is 37.9. The van der Waals surface area contributed by atoms with Gasteiger partial charge in [-0.15, -0.1) is 0 Å². The Kier molecular flexibility index (Phi) is 2.69. The van der Waals surface area contributed by atoms with Crippen LogP contribution in [0.5, 0.6) is 0 Å². The lowest BCUT2D eigenvalue weighted by Gasteiger charge is -2.21. The highest BCUT2D eigenvalue weighted by Crippen LogP contribution is 2.43. The van der Waals surface area contributed by atoms with Crippen LogP contribution in [-0.2, 0) is 16.4 Å². The fourth-order valence-corrected chi connectivity index (χ4v) is 2.93. The number of aromatic nitrogens is 1. The number of primary amides is 1. The molecule has 0 aromatic carbocycles. The van der Waals surface area contributed by atoms with E-state index in [2.05, 4.69) is 15.6 Å². The molecule has 2 unspecified atom stereocenters. The molecule has 5 nitrogen and oxygen atoms in total. The largest absolute Gasteiger partial charge is 0.433 e. The topological polar surface area (TPSA) is 80.0 Å². The average molecular weight is 286 g/mol. The van der Waals surface area contributed by atoms with Gasteiger partial charge in [-0.1, -0.05) is 0 Å². The summed E-state index contributed by atoms with van der Waals surface area (Å²) in [5.74, 6) is -0.449. The van der Waals surface area contributed by atoms with E-state index < -0.39 is 29.2 Å². The molecule has 1 saturated heterocycles. The third-order valence-electron chi connectivity index (χ3n) is 4.01. The van der Waals surface area contributed by atoms with E-state index in [1.807, 2.05) is 0 Å². The lowest BCUT2D eigenvalue weighted by molar-refractivity contribution is -0.141. The number of rotatable bonds is 1. The fraction of sp³-hybridized carbons (Fsp3) is 0.500. The molecule has 1 fully saturated rings. The summed E-state index contributed by atoms with van der Waals surface area (Å²) in [7, 11) is 0. The number of pyridine rings is 1. The summed E-state index contributed by atoms with van der Waals surface area (Å²) >= 11 is 0. The zero-order valence-corrected chi connectivity index (χ0v) is 10.4. The van der Waals surface area contributed by atoms with E-state index in [-0.39, 0.29) is 0 Å². The van der Waals surface area contributed by atoms with Crippen LogP contribution in [0.25, 0.3) is 0 Å². The Balaban J connectivity index is 1.94. The number of nitrogens with one attached hydrogen (secondary N) is 2. The first-order valence-corrected chi connectivity index (χ1v) is 6.16. The quantitative estimate of drug-likeness (QED) is 0.706. The van der Waals surface area contributed by atoms with Crippen molar-refractivity contribution >= 4 is 11.6 Å². The van der Waals surface area contributed by atoms with Gasteiger partial charge in [0.2, 0.25) is 5.91 Å². The average Bonchev–Trinajstić information content (AvgIpc) is 2.95. The van der Waals surface area contributed by atoms with Crippen LogP contribution in [-0.4, -0.2) is 30.0 Å². The standard InChI is InChI=1S/C12H13F3N4O/c13-12(14,15)9-1-7-6(3-17-9)11(4-18-7)2-8(10(16)20)19-5-11/h1,3,8,18-19H,2,4-5H2,(H2,16,20). The molecule has 1 aromatic rings. The minimum Gasteiger partial charge on any atom is -0.384 e. The second-order valence-corrected chi connectivity index (χ2v) is 5.29. The van der Waals surface area contributed by atoms with E-state index in [0.29, 0.717) is 30.8 Å². The predicted octanol–water partition coefficient (Wildman–Crippen LogP) is 0.611. The Bertz CT molecular complexity index is 574. The lowest BCUT2D eigenvalue weighted by atomic mass is 9.81. The van der Waals surface area contributed by atoms with Gasteiger partial charge in [-0.3, -0.25) is 9.78 Å². The lowest BCUT2D eigenvalue weighted by Crippen LogP contribution is -2.36. The predicted molar refractivity (Wildman–Crippen MR) is 65.0 cm³/mol. The van der Waals surface area contributed by atoms with E-state index in [9.17, 15) is 18.0 Å². The van der Waals surface area contributed by atoms with Crippen molar-refractivity contribution in [3.63, 3.8) is 0 Å². The van der Waals surface area contributed by atoms with Crippen LogP contribution < -0.4 is 16.4 Å². The van der Waals surface area contributed by atoms with Crippen molar-refractivity contribution in [1.29, 1.82) is 0 Å². The van der Waals surface area contributed by atoms with E-state index in [4.69, 9.17) is 5.73 Å². The monoisotopic (exact) mass is 286 g/mol. The molecule has 2 atom stereocenters. The summed E-state index contributed by atoms with van der Waals surface area (Å²) in [6.45, 7) is 0.968. The molecule has 0 saturated carbocycles. The first-order valence-electron chi connectivity index (χ1n) is 6.16. The third-order valence-corrected chi connectivity index (χ3v) is 4.01. The maximum atomic E-state index is 12.6. The minimum atomic E-state index is -4.46. The van der Waals surface area contributed by atoms with E-state index in [1.165, 1.54) is 6.20 Å². The number of nitrogens with zero attached hydrogens (tertiary/aromatic N) is 1. The molecule has 1 aromatic heterocycles. The van der Waals surface area contributed by atoms with Crippen LogP contribution in [0.1, 0.15) is 17.7 Å². The summed E-state index contributed by atoms with van der Waals surface area (Å²) in [6, 6.07) is 0.562. The Morgan fingerprint density at radius 1 is 1.45 bits per heavy atom. The van der Waals surface area contributed by atoms with Gasteiger partial charge in [-0.2, -0.15) is 13.2 Å². The minimum absolute atomic E-state index is 0.411. The van der Waals surface area contributed by atoms with Crippen molar-refractivity contribution in [3.05, 3.63) is 23.5 Å². The van der Waals surface area contributed by atoms with Gasteiger partial charge in [-0.25, -0.2) is 0 Å². The maximum absolute atomic E-state index is 12.6. The summed E-state index contributed by atoms with van der Waals surface area (Å²) in [6.07, 6.45) is -2.74. The zero-order chi connectivity index (χ0) is 14.5. The smallest absolute Gasteiger partial charge is 0.384 e. The van der Waals surface area contributed by atoms with Crippen LogP contribution in [0.2, 0.25) is 0 Å². The number of carbonyl (C=O) groups is 1. The van der Waals surface area contributed by atoms with Gasteiger partial charge in [0.15, 0.2) is 0 Å². The van der Waals surface area contributed by atoms with Gasteiger partial charge in [0.25, 0.3) is 0 Å². The molecule has 1 amide bonds. The second-order valence-electron chi connectivity index (χ2n) is 5.29. The molecule has 0 aliphatic carbocycles. The zero-order valence-electron chi connectivity index (χ0n) is 10.4. The van der Waals surface area contributed by atoms with Crippen LogP contribution in [0.15, 0.2) is 12.3 Å². The Labute approximate surface area is 112 Å². The van der Waals surface area contributed by atoms with E-state index in [0.717, 1.165) is 6.07 Å². The first kappa shape index (κ1) is 13.2. The number of anilines is 1. The molecule has 2 aliphatic rings. The second kappa shape index (κ2) is 4.08. The Morgan fingerprint density at radius 3 is 2.80 bits per heavy atom. The van der Waals surface area contributed by atoms with Gasteiger partial charge >= 0.3 is 6.18 Å². The number of hydrogen-bond donors (Lipinski definition) is 3. The molecule has 20 heavy (non-hydrogen) atoms. The van der Waals surface area contributed by atoms with Crippen molar-refractivity contribution in [2.45, 2.75) is 24.1 Å². The van der Waals surface area contributed by atoms with Crippen molar-refractivity contribution in [2.24, 2.45) is 5.73 Å². The normalized spacial score (nSPS) is 28.4. The molecule has 4 N–H and O–H groups in total. The van der Waals surface area contributed by atoms with Gasteiger partial charge < -0.3 is 16.4 Å². The molecule has 0 radical (unpaired) electrons. The molecule has 3 heterocycles. The first-order chi connectivity index (χ1) is 9.32. The number of amides is 1. The molecule has 1 spiro atoms. The van der Waals surface area contributed by atoms with Crippen molar-refractivity contribution < 1.29 is 18.0 Å². The molecule has 8 heteroatoms. The van der Waals surface area contributed by atoms with Gasteiger partial charge in [0.1, 0.15) is 5.69 Å². The molecular weight excluding hydrogens is 273 g/mol. The van der Waals surface area contributed by atoms with Crippen LogP contribution in [0.4, 0.5) is 18.9 Å². The highest BCUT2D eigenvalue weighted by Gasteiger charge is 2.47.